The first-order valence-corrected chi connectivity index (χ1v) is 7.25. The first kappa shape index (κ1) is 13.2. The van der Waals surface area contributed by atoms with Gasteiger partial charge in [0.2, 0.25) is 0 Å². The molecule has 0 saturated carbocycles. The number of nitrogens with zero attached hydrogens (tertiary/aromatic N) is 2. The molecule has 4 heteroatoms. The molecule has 1 aromatic heterocycles. The molecule has 0 bridgehead atoms. The van der Waals surface area contributed by atoms with E-state index in [4.69, 9.17) is 11.6 Å². The van der Waals surface area contributed by atoms with Gasteiger partial charge in [-0.15, -0.1) is 23.4 Å². The normalized spacial score (nSPS) is 12.3. The Morgan fingerprint density at radius 3 is 2.94 bits per heavy atom. The van der Waals surface area contributed by atoms with Crippen LogP contribution >= 0.6 is 23.4 Å². The second kappa shape index (κ2) is 6.08. The van der Waals surface area contributed by atoms with E-state index in [0.717, 1.165) is 21.7 Å². The van der Waals surface area contributed by atoms with Crippen molar-refractivity contribution < 1.29 is 0 Å². The lowest BCUT2D eigenvalue weighted by Gasteiger charge is -2.07. The van der Waals surface area contributed by atoms with Crippen molar-refractivity contribution in [3.05, 3.63) is 35.9 Å². The second-order valence-electron chi connectivity index (χ2n) is 4.21. The quantitative estimate of drug-likeness (QED) is 0.624. The zero-order chi connectivity index (χ0) is 13.0. The lowest BCUT2D eigenvalue weighted by Crippen LogP contribution is -1.99. The summed E-state index contributed by atoms with van der Waals surface area (Å²) in [5, 5.41) is 11.0. The predicted molar refractivity (Wildman–Crippen MR) is 77.1 cm³/mol. The lowest BCUT2D eigenvalue weighted by atomic mass is 10.1. The zero-order valence-electron chi connectivity index (χ0n) is 10.1. The monoisotopic (exact) mass is 276 g/mol. The van der Waals surface area contributed by atoms with E-state index in [1.807, 2.05) is 30.3 Å². The van der Waals surface area contributed by atoms with E-state index >= 15 is 0 Å². The van der Waals surface area contributed by atoms with E-state index in [2.05, 4.69) is 18.0 Å². The SMILES string of the molecule is CC(CCl)CSc1cc(C#N)c2ccccc2n1. The van der Waals surface area contributed by atoms with Crippen LogP contribution in [0.3, 0.4) is 0 Å². The van der Waals surface area contributed by atoms with Crippen LogP contribution in [0, 0.1) is 17.2 Å². The molecule has 18 heavy (non-hydrogen) atoms. The average Bonchev–Trinajstić information content (AvgIpc) is 2.43. The van der Waals surface area contributed by atoms with Gasteiger partial charge in [-0.25, -0.2) is 4.98 Å². The topological polar surface area (TPSA) is 36.7 Å². The summed E-state index contributed by atoms with van der Waals surface area (Å²) in [7, 11) is 0. The van der Waals surface area contributed by atoms with Crippen molar-refractivity contribution in [1.29, 1.82) is 5.26 Å². The minimum Gasteiger partial charge on any atom is -0.241 e. The van der Waals surface area contributed by atoms with Crippen LogP contribution in [0.5, 0.6) is 0 Å². The number of fused-ring (bicyclic) bond motifs is 1. The zero-order valence-corrected chi connectivity index (χ0v) is 11.6. The molecule has 2 nitrogen and oxygen atoms in total. The third kappa shape index (κ3) is 2.95. The minimum absolute atomic E-state index is 0.440. The highest BCUT2D eigenvalue weighted by Gasteiger charge is 2.07. The van der Waals surface area contributed by atoms with Crippen molar-refractivity contribution in [3.8, 4) is 6.07 Å². The molecule has 1 unspecified atom stereocenters. The smallest absolute Gasteiger partial charge is 0.0999 e. The molecule has 0 fully saturated rings. The predicted octanol–water partition coefficient (Wildman–Crippen LogP) is 4.07. The van der Waals surface area contributed by atoms with Crippen molar-refractivity contribution in [2.45, 2.75) is 11.9 Å². The van der Waals surface area contributed by atoms with Crippen molar-refractivity contribution in [3.63, 3.8) is 0 Å². The Hall–Kier alpha value is -1.24. The average molecular weight is 277 g/mol. The molecule has 0 saturated heterocycles. The first-order valence-electron chi connectivity index (χ1n) is 5.73. The van der Waals surface area contributed by atoms with Crippen molar-refractivity contribution in [2.75, 3.05) is 11.6 Å². The molecule has 1 aromatic carbocycles. The number of pyridine rings is 1. The molecule has 0 amide bonds. The first-order chi connectivity index (χ1) is 8.74. The fourth-order valence-corrected chi connectivity index (χ4v) is 2.77. The molecule has 0 aliphatic carbocycles. The molecule has 0 aliphatic rings. The van der Waals surface area contributed by atoms with Gasteiger partial charge < -0.3 is 0 Å². The molecular weight excluding hydrogens is 264 g/mol. The van der Waals surface area contributed by atoms with Gasteiger partial charge in [0.1, 0.15) is 0 Å². The van der Waals surface area contributed by atoms with Gasteiger partial charge >= 0.3 is 0 Å². The van der Waals surface area contributed by atoms with Crippen LogP contribution in [0.25, 0.3) is 10.9 Å². The molecule has 0 spiro atoms. The van der Waals surface area contributed by atoms with Gasteiger partial charge in [0.05, 0.1) is 22.2 Å². The Morgan fingerprint density at radius 2 is 2.22 bits per heavy atom. The summed E-state index contributed by atoms with van der Waals surface area (Å²) in [5.74, 6) is 2.00. The molecule has 1 atom stereocenters. The fraction of sp³-hybridized carbons (Fsp3) is 0.286. The number of thioether (sulfide) groups is 1. The van der Waals surface area contributed by atoms with Gasteiger partial charge in [-0.3, -0.25) is 0 Å². The molecule has 2 rings (SSSR count). The molecule has 0 radical (unpaired) electrons. The summed E-state index contributed by atoms with van der Waals surface area (Å²) in [5.41, 5.74) is 1.55. The summed E-state index contributed by atoms with van der Waals surface area (Å²) in [6, 6.07) is 11.8. The number of alkyl halides is 1. The van der Waals surface area contributed by atoms with Gasteiger partial charge in [0.15, 0.2) is 0 Å². The van der Waals surface area contributed by atoms with E-state index in [0.29, 0.717) is 17.4 Å². The van der Waals surface area contributed by atoms with Crippen LogP contribution in [0.1, 0.15) is 12.5 Å². The summed E-state index contributed by atoms with van der Waals surface area (Å²) in [4.78, 5) is 4.56. The number of hydrogen-bond acceptors (Lipinski definition) is 3. The molecule has 1 heterocycles. The van der Waals surface area contributed by atoms with E-state index in [1.54, 1.807) is 11.8 Å². The highest BCUT2D eigenvalue weighted by atomic mass is 35.5. The van der Waals surface area contributed by atoms with Gasteiger partial charge in [0, 0.05) is 17.0 Å². The minimum atomic E-state index is 0.440. The largest absolute Gasteiger partial charge is 0.241 e. The number of para-hydroxylation sites is 1. The van der Waals surface area contributed by atoms with Gasteiger partial charge in [-0.05, 0) is 18.1 Å². The number of rotatable bonds is 4. The highest BCUT2D eigenvalue weighted by Crippen LogP contribution is 2.25. The molecular formula is C14H13ClN2S. The van der Waals surface area contributed by atoms with E-state index in [1.165, 1.54) is 0 Å². The Bertz CT molecular complexity index is 592. The number of halogens is 1. The van der Waals surface area contributed by atoms with E-state index in [-0.39, 0.29) is 0 Å². The number of hydrogen-bond donors (Lipinski definition) is 0. The van der Waals surface area contributed by atoms with Crippen molar-refractivity contribution in [2.24, 2.45) is 5.92 Å². The summed E-state index contributed by atoms with van der Waals surface area (Å²) in [6.45, 7) is 2.10. The molecule has 2 aromatic rings. The van der Waals surface area contributed by atoms with Crippen LogP contribution in [-0.2, 0) is 0 Å². The standard InChI is InChI=1S/C14H13ClN2S/c1-10(7-15)9-18-14-6-11(8-16)12-4-2-3-5-13(12)17-14/h2-6,10H,7,9H2,1H3. The Labute approximate surface area is 116 Å². The summed E-state index contributed by atoms with van der Waals surface area (Å²) >= 11 is 7.44. The highest BCUT2D eigenvalue weighted by molar-refractivity contribution is 7.99. The Morgan fingerprint density at radius 1 is 1.44 bits per heavy atom. The van der Waals surface area contributed by atoms with Crippen LogP contribution in [0.15, 0.2) is 35.4 Å². The van der Waals surface area contributed by atoms with Crippen LogP contribution in [0.2, 0.25) is 0 Å². The molecule has 0 aliphatic heterocycles. The van der Waals surface area contributed by atoms with Crippen LogP contribution in [-0.4, -0.2) is 16.6 Å². The Balaban J connectivity index is 2.33. The van der Waals surface area contributed by atoms with E-state index < -0.39 is 0 Å². The maximum atomic E-state index is 9.18. The second-order valence-corrected chi connectivity index (χ2v) is 5.56. The Kier molecular flexibility index (Phi) is 4.46. The summed E-state index contributed by atoms with van der Waals surface area (Å²) in [6.07, 6.45) is 0. The van der Waals surface area contributed by atoms with Crippen molar-refractivity contribution in [1.82, 2.24) is 4.98 Å². The molecule has 0 N–H and O–H groups in total. The maximum Gasteiger partial charge on any atom is 0.0999 e. The third-order valence-electron chi connectivity index (χ3n) is 2.59. The van der Waals surface area contributed by atoms with Crippen LogP contribution in [0.4, 0.5) is 0 Å². The third-order valence-corrected chi connectivity index (χ3v) is 4.36. The lowest BCUT2D eigenvalue weighted by molar-refractivity contribution is 0.758. The van der Waals surface area contributed by atoms with E-state index in [9.17, 15) is 5.26 Å². The van der Waals surface area contributed by atoms with Crippen molar-refractivity contribution >= 4 is 34.3 Å². The number of aromatic nitrogens is 1. The molecule has 92 valence electrons. The maximum absolute atomic E-state index is 9.18. The van der Waals surface area contributed by atoms with Gasteiger partial charge in [-0.2, -0.15) is 5.26 Å². The fourth-order valence-electron chi connectivity index (χ4n) is 1.59. The van der Waals surface area contributed by atoms with Gasteiger partial charge in [-0.1, -0.05) is 25.1 Å². The number of benzene rings is 1. The summed E-state index contributed by atoms with van der Waals surface area (Å²) < 4.78 is 0. The number of nitriles is 1. The van der Waals surface area contributed by atoms with Gasteiger partial charge in [0.25, 0.3) is 0 Å². The van der Waals surface area contributed by atoms with Crippen LogP contribution < -0.4 is 0 Å².